The van der Waals surface area contributed by atoms with Crippen LogP contribution in [-0.2, 0) is 13.2 Å². The van der Waals surface area contributed by atoms with E-state index in [0.717, 1.165) is 28.0 Å². The Morgan fingerprint density at radius 3 is 1.83 bits per heavy atom. The lowest BCUT2D eigenvalue weighted by molar-refractivity contribution is 0.268. The molecule has 0 bridgehead atoms. The molecule has 0 unspecified atom stereocenters. The number of pyridine rings is 1. The molecule has 0 atom stereocenters. The van der Waals surface area contributed by atoms with Crippen molar-refractivity contribution in [3.8, 4) is 28.6 Å². The molecule has 4 nitrogen and oxygen atoms in total. The molecule has 0 N–H and O–H groups in total. The van der Waals surface area contributed by atoms with Gasteiger partial charge >= 0.3 is 0 Å². The molecule has 150 valence electrons. The second kappa shape index (κ2) is 9.61. The molecule has 0 saturated carbocycles. The minimum absolute atomic E-state index is 0.430. The normalized spacial score (nSPS) is 10.4. The number of aromatic nitrogens is 1. The Bertz CT molecular complexity index is 1060. The average Bonchev–Trinajstić information content (AvgIpc) is 2.83. The van der Waals surface area contributed by atoms with Gasteiger partial charge in [0.05, 0.1) is 7.11 Å². The van der Waals surface area contributed by atoms with Crippen LogP contribution in [0.15, 0.2) is 97.1 Å². The highest BCUT2D eigenvalue weighted by atomic mass is 16.5. The third-order valence-electron chi connectivity index (χ3n) is 4.68. The zero-order chi connectivity index (χ0) is 20.6. The number of nitrogens with zero attached hydrogens (tertiary/aromatic N) is 1. The first-order chi connectivity index (χ1) is 14.8. The van der Waals surface area contributed by atoms with E-state index in [1.807, 2.05) is 97.1 Å². The van der Waals surface area contributed by atoms with E-state index in [0.29, 0.717) is 25.0 Å². The van der Waals surface area contributed by atoms with Crippen LogP contribution in [0.25, 0.3) is 11.1 Å². The van der Waals surface area contributed by atoms with Crippen LogP contribution in [0.5, 0.6) is 17.5 Å². The van der Waals surface area contributed by atoms with Gasteiger partial charge in [0.2, 0.25) is 11.8 Å². The molecule has 1 heterocycles. The Balaban J connectivity index is 1.58. The number of hydrogen-bond acceptors (Lipinski definition) is 4. The van der Waals surface area contributed by atoms with Crippen molar-refractivity contribution in [1.82, 2.24) is 4.98 Å². The van der Waals surface area contributed by atoms with Crippen molar-refractivity contribution in [1.29, 1.82) is 0 Å². The van der Waals surface area contributed by atoms with Crippen LogP contribution < -0.4 is 14.2 Å². The highest BCUT2D eigenvalue weighted by Gasteiger charge is 2.11. The highest BCUT2D eigenvalue weighted by Crippen LogP contribution is 2.32. The molecule has 0 amide bonds. The van der Waals surface area contributed by atoms with Gasteiger partial charge in [-0.15, -0.1) is 0 Å². The minimum Gasteiger partial charge on any atom is -0.497 e. The summed E-state index contributed by atoms with van der Waals surface area (Å²) in [7, 11) is 1.66. The van der Waals surface area contributed by atoms with Crippen molar-refractivity contribution in [2.45, 2.75) is 13.2 Å². The van der Waals surface area contributed by atoms with E-state index in [1.165, 1.54) is 0 Å². The molecule has 3 aromatic carbocycles. The molecule has 0 saturated heterocycles. The van der Waals surface area contributed by atoms with Crippen LogP contribution in [0.2, 0.25) is 0 Å². The van der Waals surface area contributed by atoms with Crippen molar-refractivity contribution in [2.24, 2.45) is 0 Å². The van der Waals surface area contributed by atoms with E-state index < -0.39 is 0 Å². The zero-order valence-electron chi connectivity index (χ0n) is 16.8. The summed E-state index contributed by atoms with van der Waals surface area (Å²) in [6.45, 7) is 0.882. The maximum atomic E-state index is 6.10. The predicted molar refractivity (Wildman–Crippen MR) is 118 cm³/mol. The SMILES string of the molecule is COc1ccc(-c2ccc(OCc3ccccc3)nc2OCc2ccccc2)cc1. The molecule has 0 aliphatic heterocycles. The Kier molecular flexibility index (Phi) is 6.25. The van der Waals surface area contributed by atoms with E-state index in [-0.39, 0.29) is 0 Å². The minimum atomic E-state index is 0.430. The summed E-state index contributed by atoms with van der Waals surface area (Å²) in [4.78, 5) is 4.65. The summed E-state index contributed by atoms with van der Waals surface area (Å²) in [6, 6.07) is 31.8. The molecule has 4 heteroatoms. The molecule has 0 radical (unpaired) electrons. The predicted octanol–water partition coefficient (Wildman–Crippen LogP) is 5.92. The van der Waals surface area contributed by atoms with Crippen molar-refractivity contribution < 1.29 is 14.2 Å². The van der Waals surface area contributed by atoms with Gasteiger partial charge in [0.15, 0.2) is 0 Å². The first-order valence-electron chi connectivity index (χ1n) is 9.81. The summed E-state index contributed by atoms with van der Waals surface area (Å²) in [5.74, 6) is 1.87. The van der Waals surface area contributed by atoms with Gasteiger partial charge in [-0.25, -0.2) is 0 Å². The number of methoxy groups -OCH3 is 1. The summed E-state index contributed by atoms with van der Waals surface area (Å²) in [5.41, 5.74) is 4.07. The lowest BCUT2D eigenvalue weighted by Gasteiger charge is -2.13. The summed E-state index contributed by atoms with van der Waals surface area (Å²) in [5, 5.41) is 0. The van der Waals surface area contributed by atoms with E-state index >= 15 is 0 Å². The number of hydrogen-bond donors (Lipinski definition) is 0. The molecule has 0 spiro atoms. The molecule has 1 aromatic heterocycles. The van der Waals surface area contributed by atoms with Crippen molar-refractivity contribution >= 4 is 0 Å². The van der Waals surface area contributed by atoms with Gasteiger partial charge in [-0.1, -0.05) is 72.8 Å². The average molecular weight is 397 g/mol. The second-order valence-corrected chi connectivity index (χ2v) is 6.78. The fourth-order valence-electron chi connectivity index (χ4n) is 3.06. The first kappa shape index (κ1) is 19.5. The zero-order valence-corrected chi connectivity index (χ0v) is 16.8. The van der Waals surface area contributed by atoms with Crippen LogP contribution in [0.1, 0.15) is 11.1 Å². The van der Waals surface area contributed by atoms with Gasteiger partial charge in [-0.05, 0) is 34.9 Å². The lowest BCUT2D eigenvalue weighted by atomic mass is 10.1. The van der Waals surface area contributed by atoms with Gasteiger partial charge in [0, 0.05) is 11.6 Å². The molecule has 0 fully saturated rings. The van der Waals surface area contributed by atoms with Crippen LogP contribution in [0, 0.1) is 0 Å². The van der Waals surface area contributed by atoms with Gasteiger partial charge in [-0.2, -0.15) is 4.98 Å². The smallest absolute Gasteiger partial charge is 0.225 e. The lowest BCUT2D eigenvalue weighted by Crippen LogP contribution is -2.02. The van der Waals surface area contributed by atoms with Crippen LogP contribution >= 0.6 is 0 Å². The number of rotatable bonds is 8. The van der Waals surface area contributed by atoms with E-state index in [2.05, 4.69) is 4.98 Å². The molecule has 0 aliphatic rings. The molecule has 4 rings (SSSR count). The molecule has 4 aromatic rings. The number of benzene rings is 3. The fourth-order valence-corrected chi connectivity index (χ4v) is 3.06. The summed E-state index contributed by atoms with van der Waals surface area (Å²) >= 11 is 0. The van der Waals surface area contributed by atoms with E-state index in [1.54, 1.807) is 7.11 Å². The standard InChI is InChI=1S/C26H23NO3/c1-28-23-14-12-22(13-15-23)24-16-17-25(29-18-20-8-4-2-5-9-20)27-26(24)30-19-21-10-6-3-7-11-21/h2-17H,18-19H2,1H3. The van der Waals surface area contributed by atoms with Crippen LogP contribution in [0.4, 0.5) is 0 Å². The van der Waals surface area contributed by atoms with Crippen LogP contribution in [-0.4, -0.2) is 12.1 Å². The topological polar surface area (TPSA) is 40.6 Å². The fraction of sp³-hybridized carbons (Fsp3) is 0.115. The quantitative estimate of drug-likeness (QED) is 0.370. The maximum Gasteiger partial charge on any atom is 0.225 e. The van der Waals surface area contributed by atoms with E-state index in [4.69, 9.17) is 14.2 Å². The van der Waals surface area contributed by atoms with Gasteiger partial charge in [0.25, 0.3) is 0 Å². The van der Waals surface area contributed by atoms with Crippen molar-refractivity contribution in [2.75, 3.05) is 7.11 Å². The first-order valence-corrected chi connectivity index (χ1v) is 9.81. The van der Waals surface area contributed by atoms with Gasteiger partial charge in [0.1, 0.15) is 19.0 Å². The van der Waals surface area contributed by atoms with Gasteiger partial charge in [-0.3, -0.25) is 0 Å². The Hall–Kier alpha value is -3.79. The second-order valence-electron chi connectivity index (χ2n) is 6.78. The molecule has 0 aliphatic carbocycles. The van der Waals surface area contributed by atoms with Gasteiger partial charge < -0.3 is 14.2 Å². The molecular weight excluding hydrogens is 374 g/mol. The molecular formula is C26H23NO3. The molecule has 30 heavy (non-hydrogen) atoms. The highest BCUT2D eigenvalue weighted by molar-refractivity contribution is 5.69. The van der Waals surface area contributed by atoms with E-state index in [9.17, 15) is 0 Å². The van der Waals surface area contributed by atoms with Crippen LogP contribution in [0.3, 0.4) is 0 Å². The van der Waals surface area contributed by atoms with Crippen molar-refractivity contribution in [3.63, 3.8) is 0 Å². The van der Waals surface area contributed by atoms with Crippen molar-refractivity contribution in [3.05, 3.63) is 108 Å². The third kappa shape index (κ3) is 4.97. The third-order valence-corrected chi connectivity index (χ3v) is 4.68. The monoisotopic (exact) mass is 397 g/mol. The number of ether oxygens (including phenoxy) is 3. The largest absolute Gasteiger partial charge is 0.497 e. The Morgan fingerprint density at radius 1 is 0.633 bits per heavy atom. The Labute approximate surface area is 176 Å². The summed E-state index contributed by atoms with van der Waals surface area (Å²) in [6.07, 6.45) is 0. The maximum absolute atomic E-state index is 6.10. The summed E-state index contributed by atoms with van der Waals surface area (Å²) < 4.78 is 17.3. The Morgan fingerprint density at radius 2 is 1.23 bits per heavy atom.